The minimum Gasteiger partial charge on any atom is -0.377 e. The zero-order valence-corrected chi connectivity index (χ0v) is 21.4. The van der Waals surface area contributed by atoms with Crippen molar-refractivity contribution in [2.45, 2.75) is 52.2 Å². The summed E-state index contributed by atoms with van der Waals surface area (Å²) < 4.78 is 5.49. The molecule has 1 aromatic heterocycles. The zero-order chi connectivity index (χ0) is 22.8. The van der Waals surface area contributed by atoms with E-state index in [9.17, 15) is 0 Å². The first kappa shape index (κ1) is 23.6. The Bertz CT molecular complexity index is 1060. The summed E-state index contributed by atoms with van der Waals surface area (Å²) in [4.78, 5) is 8.78. The fourth-order valence-corrected chi connectivity index (χ4v) is 5.73. The van der Waals surface area contributed by atoms with Crippen LogP contribution in [0.3, 0.4) is 0 Å². The summed E-state index contributed by atoms with van der Waals surface area (Å²) in [5.41, 5.74) is 4.45. The molecule has 0 aliphatic heterocycles. The molecule has 0 radical (unpaired) electrons. The molecule has 0 spiro atoms. The molecular weight excluding hydrogens is 459 g/mol. The lowest BCUT2D eigenvalue weighted by Gasteiger charge is -2.32. The van der Waals surface area contributed by atoms with Crippen LogP contribution in [0.5, 0.6) is 0 Å². The number of halogens is 2. The van der Waals surface area contributed by atoms with Gasteiger partial charge in [0, 0.05) is 29.1 Å². The summed E-state index contributed by atoms with van der Waals surface area (Å²) in [5.74, 6) is 0.666. The minimum absolute atomic E-state index is 0.100. The van der Waals surface area contributed by atoms with Gasteiger partial charge in [0.05, 0.1) is 22.9 Å². The molecule has 32 heavy (non-hydrogen) atoms. The van der Waals surface area contributed by atoms with Crippen LogP contribution in [0, 0.1) is 12.8 Å². The Hall–Kier alpha value is -1.59. The Morgan fingerprint density at radius 1 is 1.12 bits per heavy atom. The van der Waals surface area contributed by atoms with Gasteiger partial charge in [-0.1, -0.05) is 54.4 Å². The van der Waals surface area contributed by atoms with E-state index in [0.29, 0.717) is 22.0 Å². The average molecular weight is 490 g/mol. The molecule has 1 aliphatic rings. The summed E-state index contributed by atoms with van der Waals surface area (Å²) >= 11 is 14.4. The molecule has 1 aliphatic carbocycles. The van der Waals surface area contributed by atoms with Crippen LogP contribution < -0.4 is 4.90 Å². The van der Waals surface area contributed by atoms with Crippen LogP contribution in [0.25, 0.3) is 11.3 Å². The van der Waals surface area contributed by atoms with E-state index in [0.717, 1.165) is 29.4 Å². The van der Waals surface area contributed by atoms with Crippen LogP contribution in [0.2, 0.25) is 10.0 Å². The number of thiazole rings is 1. The Morgan fingerprint density at radius 3 is 2.41 bits per heavy atom. The fourth-order valence-electron chi connectivity index (χ4n) is 4.25. The molecule has 0 saturated heterocycles. The van der Waals surface area contributed by atoms with Crippen molar-refractivity contribution >= 4 is 39.7 Å². The van der Waals surface area contributed by atoms with Crippen LogP contribution >= 0.6 is 34.5 Å². The average Bonchev–Trinajstić information content (AvgIpc) is 3.55. The third-order valence-corrected chi connectivity index (χ3v) is 7.74. The van der Waals surface area contributed by atoms with Crippen LogP contribution in [0.15, 0.2) is 42.5 Å². The standard InChI is InChI=1S/C26H30Cl2N2OS/c1-5-14-30(25(20-10-11-20)19-8-6-18(7-9-19)16(2)31-4)26-29-24(17(3)32-26)22-13-12-21(27)15-23(22)28/h6-9,12-13,15-16,20,25H,5,10-11,14H2,1-4H3. The molecule has 170 valence electrons. The van der Waals surface area contributed by atoms with E-state index in [1.54, 1.807) is 24.5 Å². The second-order valence-electron chi connectivity index (χ2n) is 8.55. The molecule has 1 saturated carbocycles. The highest BCUT2D eigenvalue weighted by molar-refractivity contribution is 7.16. The number of hydrogen-bond acceptors (Lipinski definition) is 4. The lowest BCUT2D eigenvalue weighted by Crippen LogP contribution is -2.31. The van der Waals surface area contributed by atoms with Gasteiger partial charge in [0.2, 0.25) is 0 Å². The van der Waals surface area contributed by atoms with E-state index < -0.39 is 0 Å². The van der Waals surface area contributed by atoms with Gasteiger partial charge in [-0.3, -0.25) is 0 Å². The van der Waals surface area contributed by atoms with Gasteiger partial charge >= 0.3 is 0 Å². The van der Waals surface area contributed by atoms with Crippen molar-refractivity contribution < 1.29 is 4.74 Å². The highest BCUT2D eigenvalue weighted by Crippen LogP contribution is 2.48. The van der Waals surface area contributed by atoms with Gasteiger partial charge < -0.3 is 9.64 Å². The number of anilines is 1. The van der Waals surface area contributed by atoms with Crippen molar-refractivity contribution in [3.8, 4) is 11.3 Å². The van der Waals surface area contributed by atoms with Crippen molar-refractivity contribution in [2.75, 3.05) is 18.6 Å². The number of methoxy groups -OCH3 is 1. The van der Waals surface area contributed by atoms with Crippen LogP contribution in [-0.4, -0.2) is 18.6 Å². The highest BCUT2D eigenvalue weighted by atomic mass is 35.5. The number of aryl methyl sites for hydroxylation is 1. The Morgan fingerprint density at radius 2 is 1.81 bits per heavy atom. The van der Waals surface area contributed by atoms with Gasteiger partial charge in [-0.2, -0.15) is 0 Å². The summed E-state index contributed by atoms with van der Waals surface area (Å²) in [5, 5.41) is 2.34. The van der Waals surface area contributed by atoms with Gasteiger partial charge in [0.1, 0.15) is 0 Å². The summed E-state index contributed by atoms with van der Waals surface area (Å²) in [7, 11) is 1.75. The van der Waals surface area contributed by atoms with Crippen LogP contribution in [0.1, 0.15) is 61.3 Å². The van der Waals surface area contributed by atoms with Crippen molar-refractivity contribution in [1.29, 1.82) is 0 Å². The normalized spacial score (nSPS) is 15.6. The number of benzene rings is 2. The number of ether oxygens (including phenoxy) is 1. The minimum atomic E-state index is 0.100. The molecule has 2 unspecified atom stereocenters. The first-order chi connectivity index (χ1) is 15.4. The van der Waals surface area contributed by atoms with Gasteiger partial charge in [-0.15, -0.1) is 11.3 Å². The molecule has 0 N–H and O–H groups in total. The first-order valence-corrected chi connectivity index (χ1v) is 12.8. The molecule has 0 bridgehead atoms. The molecule has 4 rings (SSSR count). The Balaban J connectivity index is 1.70. The van der Waals surface area contributed by atoms with E-state index in [2.05, 4.69) is 49.9 Å². The summed E-state index contributed by atoms with van der Waals surface area (Å²) in [6.07, 6.45) is 3.70. The predicted octanol–water partition coefficient (Wildman–Crippen LogP) is 8.50. The monoisotopic (exact) mass is 488 g/mol. The number of nitrogens with zero attached hydrogens (tertiary/aromatic N) is 2. The SMILES string of the molecule is CCCN(c1nc(-c2ccc(Cl)cc2Cl)c(C)s1)C(c1ccc(C(C)OC)cc1)C1CC1. The van der Waals surface area contributed by atoms with Gasteiger partial charge in [-0.25, -0.2) is 4.98 Å². The van der Waals surface area contributed by atoms with Crippen molar-refractivity contribution in [1.82, 2.24) is 4.98 Å². The number of hydrogen-bond donors (Lipinski definition) is 0. The van der Waals surface area contributed by atoms with Crippen molar-refractivity contribution in [3.63, 3.8) is 0 Å². The molecule has 3 aromatic rings. The quantitative estimate of drug-likeness (QED) is 0.301. The third-order valence-electron chi connectivity index (χ3n) is 6.19. The van der Waals surface area contributed by atoms with E-state index in [4.69, 9.17) is 32.9 Å². The van der Waals surface area contributed by atoms with E-state index in [-0.39, 0.29) is 6.10 Å². The summed E-state index contributed by atoms with van der Waals surface area (Å²) in [6, 6.07) is 14.9. The van der Waals surface area contributed by atoms with E-state index in [1.807, 2.05) is 12.1 Å². The molecule has 3 nitrogen and oxygen atoms in total. The van der Waals surface area contributed by atoms with Crippen LogP contribution in [0.4, 0.5) is 5.13 Å². The van der Waals surface area contributed by atoms with Crippen LogP contribution in [-0.2, 0) is 4.74 Å². The summed E-state index contributed by atoms with van der Waals surface area (Å²) in [6.45, 7) is 7.41. The molecule has 2 aromatic carbocycles. The van der Waals surface area contributed by atoms with Crippen molar-refractivity contribution in [2.24, 2.45) is 5.92 Å². The molecule has 0 amide bonds. The maximum absolute atomic E-state index is 6.51. The molecule has 2 atom stereocenters. The fraction of sp³-hybridized carbons (Fsp3) is 0.423. The second kappa shape index (κ2) is 10.1. The third kappa shape index (κ3) is 4.99. The highest BCUT2D eigenvalue weighted by Gasteiger charge is 2.37. The molecule has 1 fully saturated rings. The van der Waals surface area contributed by atoms with Gasteiger partial charge in [-0.05, 0) is 68.4 Å². The maximum Gasteiger partial charge on any atom is 0.186 e. The predicted molar refractivity (Wildman–Crippen MR) is 137 cm³/mol. The van der Waals surface area contributed by atoms with E-state index >= 15 is 0 Å². The Kier molecular flexibility index (Phi) is 7.46. The van der Waals surface area contributed by atoms with Gasteiger partial charge in [0.15, 0.2) is 5.13 Å². The number of rotatable bonds is 9. The van der Waals surface area contributed by atoms with Crippen molar-refractivity contribution in [3.05, 3.63) is 68.5 Å². The second-order valence-corrected chi connectivity index (χ2v) is 10.6. The Labute approximate surface area is 205 Å². The smallest absolute Gasteiger partial charge is 0.186 e. The first-order valence-electron chi connectivity index (χ1n) is 11.2. The number of aromatic nitrogens is 1. The topological polar surface area (TPSA) is 25.4 Å². The van der Waals surface area contributed by atoms with Gasteiger partial charge in [0.25, 0.3) is 0 Å². The maximum atomic E-state index is 6.51. The zero-order valence-electron chi connectivity index (χ0n) is 19.1. The molecule has 1 heterocycles. The molecule has 6 heteroatoms. The largest absolute Gasteiger partial charge is 0.377 e. The molecular formula is C26H30Cl2N2OS. The lowest BCUT2D eigenvalue weighted by molar-refractivity contribution is 0.119. The van der Waals surface area contributed by atoms with E-state index in [1.165, 1.54) is 28.8 Å². The lowest BCUT2D eigenvalue weighted by atomic mass is 9.98.